The number of hydrogen-bond donors (Lipinski definition) is 0. The molecule has 1 fully saturated rings. The van der Waals surface area contributed by atoms with Gasteiger partial charge in [-0.25, -0.2) is 0 Å². The van der Waals surface area contributed by atoms with Gasteiger partial charge in [0.2, 0.25) is 5.91 Å². The van der Waals surface area contributed by atoms with Crippen LogP contribution in [0.2, 0.25) is 0 Å². The first kappa shape index (κ1) is 16.6. The lowest BCUT2D eigenvalue weighted by molar-refractivity contribution is -0.126. The lowest BCUT2D eigenvalue weighted by atomic mass is 10.0. The highest BCUT2D eigenvalue weighted by Gasteiger charge is 2.35. The number of furan rings is 1. The van der Waals surface area contributed by atoms with Gasteiger partial charge in [-0.2, -0.15) is 5.10 Å². The van der Waals surface area contributed by atoms with E-state index >= 15 is 0 Å². The summed E-state index contributed by atoms with van der Waals surface area (Å²) in [5.74, 6) is 0.673. The Kier molecular flexibility index (Phi) is 4.58. The Morgan fingerprint density at radius 3 is 2.85 bits per heavy atom. The maximum absolute atomic E-state index is 12.6. The number of carbonyl (C=O) groups is 1. The van der Waals surface area contributed by atoms with Crippen molar-refractivity contribution in [3.05, 3.63) is 72.2 Å². The number of fused-ring (bicyclic) bond motifs is 1. The van der Waals surface area contributed by atoms with Crippen LogP contribution in [0, 0.1) is 0 Å². The second kappa shape index (κ2) is 7.17. The first-order valence-electron chi connectivity index (χ1n) is 8.31. The van der Waals surface area contributed by atoms with E-state index in [-0.39, 0.29) is 11.2 Å². The van der Waals surface area contributed by atoms with Gasteiger partial charge in [-0.15, -0.1) is 5.10 Å². The van der Waals surface area contributed by atoms with Gasteiger partial charge >= 0.3 is 0 Å². The molecule has 0 N–H and O–H groups in total. The smallest absolute Gasteiger partial charge is 0.242 e. The Morgan fingerprint density at radius 1 is 1.15 bits per heavy atom. The van der Waals surface area contributed by atoms with Crippen molar-refractivity contribution in [3.8, 4) is 0 Å². The minimum atomic E-state index is -0.164. The van der Waals surface area contributed by atoms with Crippen LogP contribution in [0.3, 0.4) is 0 Å². The van der Waals surface area contributed by atoms with E-state index in [1.165, 1.54) is 18.0 Å². The Balaban J connectivity index is 1.63. The fourth-order valence-corrected chi connectivity index (χ4v) is 3.83. The van der Waals surface area contributed by atoms with Crippen LogP contribution in [-0.2, 0) is 11.3 Å². The number of hydrogen-bond acceptors (Lipinski definition) is 5. The van der Waals surface area contributed by atoms with E-state index in [9.17, 15) is 4.79 Å². The Morgan fingerprint density at radius 2 is 2.00 bits per heavy atom. The molecule has 1 atom stereocenters. The Labute approximate surface area is 155 Å². The van der Waals surface area contributed by atoms with Crippen LogP contribution in [0.25, 0.3) is 10.8 Å². The molecule has 0 spiro atoms. The third-order valence-electron chi connectivity index (χ3n) is 4.21. The molecule has 1 aromatic heterocycles. The van der Waals surface area contributed by atoms with Crippen molar-refractivity contribution in [2.45, 2.75) is 18.7 Å². The summed E-state index contributed by atoms with van der Waals surface area (Å²) in [6, 6.07) is 17.9. The quantitative estimate of drug-likeness (QED) is 0.513. The third kappa shape index (κ3) is 3.28. The molecule has 2 heterocycles. The van der Waals surface area contributed by atoms with Crippen LogP contribution < -0.4 is 0 Å². The van der Waals surface area contributed by atoms with Gasteiger partial charge in [0, 0.05) is 0 Å². The molecular formula is C20H17N3O2S. The number of rotatable bonds is 4. The molecule has 4 rings (SSSR count). The average Bonchev–Trinajstić information content (AvgIpc) is 3.26. The van der Waals surface area contributed by atoms with Gasteiger partial charge in [0.05, 0.1) is 24.3 Å². The van der Waals surface area contributed by atoms with Crippen LogP contribution in [0.15, 0.2) is 75.5 Å². The van der Waals surface area contributed by atoms with Gasteiger partial charge in [-0.05, 0) is 35.4 Å². The minimum absolute atomic E-state index is 0.0508. The molecule has 6 heteroatoms. The summed E-state index contributed by atoms with van der Waals surface area (Å²) in [5, 5.41) is 11.1. The molecule has 1 amide bonds. The topological polar surface area (TPSA) is 58.2 Å². The number of thioether (sulfide) groups is 1. The third-order valence-corrected chi connectivity index (χ3v) is 5.27. The Bertz CT molecular complexity index is 990. The average molecular weight is 363 g/mol. The largest absolute Gasteiger partial charge is 0.463 e. The number of carbonyl (C=O) groups excluding carboxylic acids is 1. The number of amides is 1. The van der Waals surface area contributed by atoms with Crippen LogP contribution >= 0.6 is 11.8 Å². The molecule has 0 saturated carbocycles. The van der Waals surface area contributed by atoms with Gasteiger partial charge < -0.3 is 4.42 Å². The highest BCUT2D eigenvalue weighted by Crippen LogP contribution is 2.30. The lowest BCUT2D eigenvalue weighted by Crippen LogP contribution is -2.30. The van der Waals surface area contributed by atoms with Crippen molar-refractivity contribution >= 4 is 39.8 Å². The summed E-state index contributed by atoms with van der Waals surface area (Å²) >= 11 is 1.43. The molecule has 26 heavy (non-hydrogen) atoms. The summed E-state index contributed by atoms with van der Waals surface area (Å²) in [6.07, 6.45) is 3.12. The molecule has 1 saturated heterocycles. The van der Waals surface area contributed by atoms with Crippen molar-refractivity contribution < 1.29 is 9.21 Å². The fraction of sp³-hybridized carbons (Fsp3) is 0.150. The molecule has 130 valence electrons. The van der Waals surface area contributed by atoms with E-state index in [0.717, 1.165) is 16.3 Å². The molecule has 1 aliphatic rings. The van der Waals surface area contributed by atoms with Crippen molar-refractivity contribution in [1.29, 1.82) is 0 Å². The second-order valence-electron chi connectivity index (χ2n) is 5.97. The molecule has 0 bridgehead atoms. The zero-order valence-corrected chi connectivity index (χ0v) is 15.0. The normalized spacial score (nSPS) is 19.3. The molecule has 3 aromatic rings. The number of nitrogens with zero attached hydrogens (tertiary/aromatic N) is 3. The molecule has 5 nitrogen and oxygen atoms in total. The summed E-state index contributed by atoms with van der Waals surface area (Å²) < 4.78 is 5.21. The molecule has 0 unspecified atom stereocenters. The molecule has 0 radical (unpaired) electrons. The Hall–Kier alpha value is -2.86. The van der Waals surface area contributed by atoms with Crippen LogP contribution in [-0.4, -0.2) is 27.4 Å². The molecule has 0 aliphatic carbocycles. The molecule has 2 aromatic carbocycles. The number of amidine groups is 1. The van der Waals surface area contributed by atoms with Crippen molar-refractivity contribution in [3.63, 3.8) is 0 Å². The van der Waals surface area contributed by atoms with Gasteiger partial charge in [0.15, 0.2) is 5.17 Å². The molecular weight excluding hydrogens is 346 g/mol. The first-order chi connectivity index (χ1) is 12.7. The van der Waals surface area contributed by atoms with Gasteiger partial charge in [-0.3, -0.25) is 9.69 Å². The van der Waals surface area contributed by atoms with Gasteiger partial charge in [0.1, 0.15) is 5.76 Å². The predicted molar refractivity (Wildman–Crippen MR) is 105 cm³/mol. The lowest BCUT2D eigenvalue weighted by Gasteiger charge is -2.17. The predicted octanol–water partition coefficient (Wildman–Crippen LogP) is 4.29. The highest BCUT2D eigenvalue weighted by molar-refractivity contribution is 8.15. The van der Waals surface area contributed by atoms with E-state index in [4.69, 9.17) is 4.42 Å². The zero-order valence-electron chi connectivity index (χ0n) is 14.2. The zero-order chi connectivity index (χ0) is 17.9. The van der Waals surface area contributed by atoms with Crippen LogP contribution in [0.4, 0.5) is 0 Å². The number of benzene rings is 2. The second-order valence-corrected chi connectivity index (χ2v) is 7.27. The van der Waals surface area contributed by atoms with E-state index in [1.54, 1.807) is 23.3 Å². The van der Waals surface area contributed by atoms with Crippen molar-refractivity contribution in [2.24, 2.45) is 10.2 Å². The summed E-state index contributed by atoms with van der Waals surface area (Å²) in [7, 11) is 0. The standard InChI is InChI=1S/C20H17N3O2S/c1-14-19(24)23(20(26-14)22-21-12-17-9-5-11-25-17)13-16-8-4-7-15-6-2-3-10-18(15)16/h2-12,14H,13H2,1H3/b21-12-,22-20+/t14-/m1/s1. The monoisotopic (exact) mass is 363 g/mol. The van der Waals surface area contributed by atoms with E-state index in [2.05, 4.69) is 28.4 Å². The SMILES string of the molecule is C[C@H]1S/C(=N/N=C\c2ccco2)N(Cc2cccc3ccccc23)C1=O. The summed E-state index contributed by atoms with van der Waals surface area (Å²) in [5.41, 5.74) is 1.09. The molecule has 1 aliphatic heterocycles. The van der Waals surface area contributed by atoms with Gasteiger partial charge in [-0.1, -0.05) is 54.2 Å². The van der Waals surface area contributed by atoms with Crippen LogP contribution in [0.1, 0.15) is 18.2 Å². The maximum Gasteiger partial charge on any atom is 0.242 e. The van der Waals surface area contributed by atoms with Crippen LogP contribution in [0.5, 0.6) is 0 Å². The van der Waals surface area contributed by atoms with E-state index in [1.807, 2.05) is 31.2 Å². The van der Waals surface area contributed by atoms with E-state index in [0.29, 0.717) is 17.5 Å². The minimum Gasteiger partial charge on any atom is -0.463 e. The van der Waals surface area contributed by atoms with Gasteiger partial charge in [0.25, 0.3) is 0 Å². The highest BCUT2D eigenvalue weighted by atomic mass is 32.2. The van der Waals surface area contributed by atoms with E-state index < -0.39 is 0 Å². The summed E-state index contributed by atoms with van der Waals surface area (Å²) in [4.78, 5) is 14.3. The maximum atomic E-state index is 12.6. The fourth-order valence-electron chi connectivity index (χ4n) is 2.91. The van der Waals surface area contributed by atoms with Crippen molar-refractivity contribution in [1.82, 2.24) is 4.90 Å². The summed E-state index contributed by atoms with van der Waals surface area (Å²) in [6.45, 7) is 2.37. The first-order valence-corrected chi connectivity index (χ1v) is 9.19. The van der Waals surface area contributed by atoms with Crippen molar-refractivity contribution in [2.75, 3.05) is 0 Å².